The van der Waals surface area contributed by atoms with Crippen LogP contribution in [0.5, 0.6) is 0 Å². The molecule has 17 heavy (non-hydrogen) atoms. The molecule has 0 spiro atoms. The molecule has 0 aliphatic carbocycles. The molecule has 0 aliphatic heterocycles. The van der Waals surface area contributed by atoms with E-state index in [0.717, 1.165) is 16.4 Å². The second-order valence-corrected chi connectivity index (χ2v) is 5.85. The first-order chi connectivity index (χ1) is 7.84. The monoisotopic (exact) mass is 350 g/mol. The van der Waals surface area contributed by atoms with Gasteiger partial charge in [0.2, 0.25) is 0 Å². The van der Waals surface area contributed by atoms with Gasteiger partial charge in [0.05, 0.1) is 5.60 Å². The third kappa shape index (κ3) is 7.01. The molecule has 0 aliphatic rings. The Labute approximate surface area is 119 Å². The molecule has 0 aromatic carbocycles. The highest BCUT2D eigenvalue weighted by Gasteiger charge is 2.25. The van der Waals surface area contributed by atoms with Crippen LogP contribution in [0.4, 0.5) is 0 Å². The maximum atomic E-state index is 5.90. The molecule has 0 saturated heterocycles. The van der Waals surface area contributed by atoms with Crippen molar-refractivity contribution in [2.24, 2.45) is 0 Å². The lowest BCUT2D eigenvalue weighted by Gasteiger charge is -2.30. The molecule has 0 fully saturated rings. The Bertz CT molecular complexity index is 293. The minimum Gasteiger partial charge on any atom is -0.351 e. The average Bonchev–Trinajstić information content (AvgIpc) is 2.25. The van der Waals surface area contributed by atoms with E-state index in [4.69, 9.17) is 9.47 Å². The predicted octanol–water partition coefficient (Wildman–Crippen LogP) is 4.62. The van der Waals surface area contributed by atoms with Crippen molar-refractivity contribution >= 4 is 22.6 Å². The summed E-state index contributed by atoms with van der Waals surface area (Å²) in [6, 6.07) is 0. The van der Waals surface area contributed by atoms with Crippen LogP contribution < -0.4 is 0 Å². The molecule has 0 aromatic rings. The van der Waals surface area contributed by atoms with E-state index >= 15 is 0 Å². The van der Waals surface area contributed by atoms with E-state index in [1.807, 2.05) is 13.0 Å². The molecule has 2 nitrogen and oxygen atoms in total. The van der Waals surface area contributed by atoms with Gasteiger partial charge in [0, 0.05) is 10.7 Å². The molecular weight excluding hydrogens is 327 g/mol. The van der Waals surface area contributed by atoms with Gasteiger partial charge in [-0.1, -0.05) is 24.3 Å². The van der Waals surface area contributed by atoms with Crippen LogP contribution in [-0.4, -0.2) is 19.0 Å². The molecule has 3 heteroatoms. The van der Waals surface area contributed by atoms with Crippen molar-refractivity contribution in [1.82, 2.24) is 0 Å². The summed E-state index contributed by atoms with van der Waals surface area (Å²) in [7, 11) is 1.62. The minimum atomic E-state index is -0.388. The first kappa shape index (κ1) is 16.9. The predicted molar refractivity (Wildman–Crippen MR) is 82.3 cm³/mol. The quantitative estimate of drug-likeness (QED) is 0.361. The fraction of sp³-hybridized carbons (Fsp3) is 0.571. The lowest BCUT2D eigenvalue weighted by Crippen LogP contribution is -2.32. The topological polar surface area (TPSA) is 18.5 Å². The fourth-order valence-electron chi connectivity index (χ4n) is 1.34. The minimum absolute atomic E-state index is 0.384. The van der Waals surface area contributed by atoms with Gasteiger partial charge in [-0.25, -0.2) is 0 Å². The highest BCUT2D eigenvalue weighted by molar-refractivity contribution is 14.1. The van der Waals surface area contributed by atoms with Gasteiger partial charge in [-0.15, -0.1) is 6.58 Å². The molecule has 0 rings (SSSR count). The maximum absolute atomic E-state index is 5.90. The molecule has 2 atom stereocenters. The summed E-state index contributed by atoms with van der Waals surface area (Å²) >= 11 is 2.12. The van der Waals surface area contributed by atoms with Crippen molar-refractivity contribution in [2.45, 2.75) is 45.5 Å². The van der Waals surface area contributed by atoms with E-state index < -0.39 is 0 Å². The molecule has 98 valence electrons. The Morgan fingerprint density at radius 3 is 2.41 bits per heavy atom. The number of rotatable bonds is 8. The summed E-state index contributed by atoms with van der Waals surface area (Å²) in [5.74, 6) is 0. The van der Waals surface area contributed by atoms with Crippen LogP contribution in [0.1, 0.15) is 33.6 Å². The van der Waals surface area contributed by atoms with Crippen molar-refractivity contribution in [2.75, 3.05) is 7.11 Å². The van der Waals surface area contributed by atoms with Gasteiger partial charge in [0.25, 0.3) is 0 Å². The van der Waals surface area contributed by atoms with Gasteiger partial charge in [-0.3, -0.25) is 0 Å². The molecule has 0 N–H and O–H groups in total. The van der Waals surface area contributed by atoms with Crippen LogP contribution in [0.25, 0.3) is 0 Å². The molecule has 1 unspecified atom stereocenters. The van der Waals surface area contributed by atoms with Crippen molar-refractivity contribution in [3.05, 3.63) is 34.5 Å². The first-order valence-electron chi connectivity index (χ1n) is 5.66. The summed E-state index contributed by atoms with van der Waals surface area (Å²) in [4.78, 5) is 0. The van der Waals surface area contributed by atoms with Crippen LogP contribution in [-0.2, 0) is 9.47 Å². The van der Waals surface area contributed by atoms with Crippen LogP contribution in [0.15, 0.2) is 34.5 Å². The first-order valence-corrected chi connectivity index (χ1v) is 6.74. The van der Waals surface area contributed by atoms with Crippen molar-refractivity contribution < 1.29 is 9.47 Å². The molecule has 0 saturated carbocycles. The van der Waals surface area contributed by atoms with E-state index in [0.29, 0.717) is 0 Å². The molecule has 0 aromatic heterocycles. The summed E-state index contributed by atoms with van der Waals surface area (Å²) in [5, 5.41) is 0. The number of allylic oxidation sites excluding steroid dienone is 2. The average molecular weight is 350 g/mol. The smallest absolute Gasteiger partial charge is 0.189 e. The Morgan fingerprint density at radius 2 is 2.06 bits per heavy atom. The van der Waals surface area contributed by atoms with Gasteiger partial charge >= 0.3 is 0 Å². The van der Waals surface area contributed by atoms with Crippen molar-refractivity contribution in [1.29, 1.82) is 0 Å². The van der Waals surface area contributed by atoms with E-state index in [2.05, 4.69) is 55.7 Å². The van der Waals surface area contributed by atoms with E-state index in [1.165, 1.54) is 5.57 Å². The van der Waals surface area contributed by atoms with Crippen molar-refractivity contribution in [3.63, 3.8) is 0 Å². The largest absolute Gasteiger partial charge is 0.351 e. The van der Waals surface area contributed by atoms with Crippen LogP contribution >= 0.6 is 22.6 Å². The zero-order valence-corrected chi connectivity index (χ0v) is 13.4. The third-order valence-electron chi connectivity index (χ3n) is 2.47. The Hall–Kier alpha value is -0.130. The maximum Gasteiger partial charge on any atom is 0.189 e. The van der Waals surface area contributed by atoms with Gasteiger partial charge in [0.1, 0.15) is 0 Å². The van der Waals surface area contributed by atoms with Gasteiger partial charge in [-0.2, -0.15) is 0 Å². The van der Waals surface area contributed by atoms with Crippen LogP contribution in [0.2, 0.25) is 0 Å². The number of halogens is 1. The Kier molecular flexibility index (Phi) is 8.00. The number of hydrogen-bond acceptors (Lipinski definition) is 2. The highest BCUT2D eigenvalue weighted by Crippen LogP contribution is 2.26. The van der Waals surface area contributed by atoms with E-state index in [1.54, 1.807) is 7.11 Å². The molecule has 0 bridgehead atoms. The Balaban J connectivity index is 4.50. The Morgan fingerprint density at radius 1 is 1.47 bits per heavy atom. The fourth-order valence-corrected chi connectivity index (χ4v) is 1.72. The summed E-state index contributed by atoms with van der Waals surface area (Å²) < 4.78 is 12.0. The van der Waals surface area contributed by atoms with E-state index in [-0.39, 0.29) is 11.9 Å². The second kappa shape index (κ2) is 8.06. The van der Waals surface area contributed by atoms with Crippen LogP contribution in [0, 0.1) is 0 Å². The second-order valence-electron chi connectivity index (χ2n) is 4.47. The summed E-state index contributed by atoms with van der Waals surface area (Å²) in [6.45, 7) is 13.9. The number of hydrogen-bond donors (Lipinski definition) is 0. The molecule has 0 heterocycles. The van der Waals surface area contributed by atoms with Crippen molar-refractivity contribution in [3.8, 4) is 0 Å². The number of ether oxygens (including phenoxy) is 2. The molecule has 0 amide bonds. The van der Waals surface area contributed by atoms with E-state index in [9.17, 15) is 0 Å². The van der Waals surface area contributed by atoms with Gasteiger partial charge < -0.3 is 9.47 Å². The number of methoxy groups -OCH3 is 1. The lowest BCUT2D eigenvalue weighted by molar-refractivity contribution is -0.153. The molecule has 0 radical (unpaired) electrons. The zero-order chi connectivity index (χ0) is 13.5. The highest BCUT2D eigenvalue weighted by atomic mass is 127. The SMILES string of the molecule is C=C[C@](C)(CCC=C(C)C)OC(OC)C(=C)I. The third-order valence-corrected chi connectivity index (χ3v) is 2.98. The lowest BCUT2D eigenvalue weighted by atomic mass is 9.99. The summed E-state index contributed by atoms with van der Waals surface area (Å²) in [5.41, 5.74) is 0.929. The zero-order valence-electron chi connectivity index (χ0n) is 11.3. The normalized spacial score (nSPS) is 15.8. The molecular formula is C14H23IO2. The van der Waals surface area contributed by atoms with Gasteiger partial charge in [-0.05, 0) is 56.2 Å². The summed E-state index contributed by atoms with van der Waals surface area (Å²) in [6.07, 6.45) is 5.49. The van der Waals surface area contributed by atoms with Gasteiger partial charge in [0.15, 0.2) is 6.29 Å². The van der Waals surface area contributed by atoms with Crippen LogP contribution in [0.3, 0.4) is 0 Å². The standard InChI is InChI=1S/C14H23IO2/c1-7-14(5,10-8-9-11(2)3)17-13(16-6)12(4)15/h7,9,13H,1,4,8,10H2,2-3,5-6H3/t13?,14-/m1/s1.